The summed E-state index contributed by atoms with van der Waals surface area (Å²) in [6.45, 7) is 4.07. The second-order valence-electron chi connectivity index (χ2n) is 5.48. The van der Waals surface area contributed by atoms with Gasteiger partial charge >= 0.3 is 6.03 Å². The molecule has 21 heavy (non-hydrogen) atoms. The number of carbonyl (C=O) groups is 2. The fourth-order valence-electron chi connectivity index (χ4n) is 2.44. The Bertz CT molecular complexity index is 549. The highest BCUT2D eigenvalue weighted by molar-refractivity contribution is 5.97. The van der Waals surface area contributed by atoms with Gasteiger partial charge in [-0.15, -0.1) is 0 Å². The molecule has 1 aromatic rings. The van der Waals surface area contributed by atoms with Gasteiger partial charge in [-0.2, -0.15) is 0 Å². The average molecular weight is 290 g/mol. The maximum absolute atomic E-state index is 12.5. The molecular formula is C15H22N4O2. The standard InChI is InChI=1S/C15H22N4O2/c1-11-12(5-4-6-13(11)16)14(20)18-7-9-19(10-8-18)15(21)17(2)3/h4-6H,7-10,16H2,1-3H3. The monoisotopic (exact) mass is 290 g/mol. The average Bonchev–Trinajstić information content (AvgIpc) is 2.48. The van der Waals surface area contributed by atoms with E-state index in [0.717, 1.165) is 5.56 Å². The Morgan fingerprint density at radius 1 is 1.10 bits per heavy atom. The molecule has 2 N–H and O–H groups in total. The molecule has 1 saturated heterocycles. The molecule has 114 valence electrons. The number of rotatable bonds is 1. The number of carbonyl (C=O) groups excluding carboxylic acids is 2. The van der Waals surface area contributed by atoms with Crippen LogP contribution in [-0.2, 0) is 0 Å². The van der Waals surface area contributed by atoms with Crippen molar-refractivity contribution in [3.05, 3.63) is 29.3 Å². The van der Waals surface area contributed by atoms with E-state index in [-0.39, 0.29) is 11.9 Å². The lowest BCUT2D eigenvalue weighted by Crippen LogP contribution is -2.52. The molecule has 3 amide bonds. The Kier molecular flexibility index (Phi) is 4.35. The van der Waals surface area contributed by atoms with Crippen LogP contribution >= 0.6 is 0 Å². The first-order chi connectivity index (χ1) is 9.91. The summed E-state index contributed by atoms with van der Waals surface area (Å²) in [5.74, 6) is -0.0169. The van der Waals surface area contributed by atoms with Crippen molar-refractivity contribution in [2.24, 2.45) is 0 Å². The largest absolute Gasteiger partial charge is 0.398 e. The van der Waals surface area contributed by atoms with Gasteiger partial charge in [0.1, 0.15) is 0 Å². The number of anilines is 1. The van der Waals surface area contributed by atoms with Crippen molar-refractivity contribution in [3.8, 4) is 0 Å². The highest BCUT2D eigenvalue weighted by atomic mass is 16.2. The smallest absolute Gasteiger partial charge is 0.319 e. The molecule has 0 aromatic heterocycles. The zero-order valence-electron chi connectivity index (χ0n) is 12.8. The molecule has 0 unspecified atom stereocenters. The predicted octanol–water partition coefficient (Wildman–Crippen LogP) is 1.02. The second kappa shape index (κ2) is 6.03. The minimum absolute atomic E-state index is 0.0118. The quantitative estimate of drug-likeness (QED) is 0.785. The van der Waals surface area contributed by atoms with Crippen LogP contribution in [0.25, 0.3) is 0 Å². The van der Waals surface area contributed by atoms with Crippen molar-refractivity contribution in [2.45, 2.75) is 6.92 Å². The van der Waals surface area contributed by atoms with Crippen molar-refractivity contribution in [2.75, 3.05) is 46.0 Å². The van der Waals surface area contributed by atoms with Gasteiger partial charge in [0.25, 0.3) is 5.91 Å². The summed E-state index contributed by atoms with van der Waals surface area (Å²) in [4.78, 5) is 29.5. The lowest BCUT2D eigenvalue weighted by molar-refractivity contribution is 0.0649. The van der Waals surface area contributed by atoms with E-state index in [9.17, 15) is 9.59 Å². The van der Waals surface area contributed by atoms with Crippen molar-refractivity contribution >= 4 is 17.6 Å². The first kappa shape index (κ1) is 15.2. The molecule has 1 aliphatic heterocycles. The summed E-state index contributed by atoms with van der Waals surface area (Å²) < 4.78 is 0. The first-order valence-electron chi connectivity index (χ1n) is 7.02. The third-order valence-corrected chi connectivity index (χ3v) is 3.83. The number of urea groups is 1. The molecule has 1 aliphatic rings. The number of nitrogens with two attached hydrogens (primary N) is 1. The summed E-state index contributed by atoms with van der Waals surface area (Å²) in [5, 5.41) is 0. The van der Waals surface area contributed by atoms with Crippen LogP contribution in [0.3, 0.4) is 0 Å². The third-order valence-electron chi connectivity index (χ3n) is 3.83. The second-order valence-corrected chi connectivity index (χ2v) is 5.48. The lowest BCUT2D eigenvalue weighted by atomic mass is 10.1. The molecule has 1 heterocycles. The number of nitrogen functional groups attached to an aromatic ring is 1. The third kappa shape index (κ3) is 3.09. The van der Waals surface area contributed by atoms with E-state index in [1.165, 1.54) is 0 Å². The Balaban J connectivity index is 2.04. The number of hydrogen-bond acceptors (Lipinski definition) is 3. The molecule has 2 rings (SSSR count). The fourth-order valence-corrected chi connectivity index (χ4v) is 2.44. The molecule has 6 heteroatoms. The number of benzene rings is 1. The molecule has 1 aromatic carbocycles. The van der Waals surface area contributed by atoms with Crippen molar-refractivity contribution in [3.63, 3.8) is 0 Å². The minimum Gasteiger partial charge on any atom is -0.398 e. The van der Waals surface area contributed by atoms with Crippen LogP contribution < -0.4 is 5.73 Å². The Morgan fingerprint density at radius 3 is 2.24 bits per heavy atom. The molecule has 0 bridgehead atoms. The summed E-state index contributed by atoms with van der Waals surface area (Å²) in [6.07, 6.45) is 0. The number of piperazine rings is 1. The van der Waals surface area contributed by atoms with E-state index in [4.69, 9.17) is 5.73 Å². The van der Waals surface area contributed by atoms with Crippen LogP contribution in [0.5, 0.6) is 0 Å². The van der Waals surface area contributed by atoms with E-state index in [1.807, 2.05) is 6.92 Å². The van der Waals surface area contributed by atoms with Crippen molar-refractivity contribution in [1.29, 1.82) is 0 Å². The van der Waals surface area contributed by atoms with E-state index in [1.54, 1.807) is 47.0 Å². The first-order valence-corrected chi connectivity index (χ1v) is 7.02. The van der Waals surface area contributed by atoms with Gasteiger partial charge in [0, 0.05) is 51.5 Å². The number of hydrogen-bond donors (Lipinski definition) is 1. The summed E-state index contributed by atoms with van der Waals surface area (Å²) >= 11 is 0. The van der Waals surface area contributed by atoms with E-state index in [2.05, 4.69) is 0 Å². The molecule has 0 atom stereocenters. The molecule has 0 radical (unpaired) electrons. The number of nitrogens with zero attached hydrogens (tertiary/aromatic N) is 3. The maximum atomic E-state index is 12.5. The molecular weight excluding hydrogens is 268 g/mol. The number of amides is 3. The van der Waals surface area contributed by atoms with Gasteiger partial charge in [-0.1, -0.05) is 6.07 Å². The van der Waals surface area contributed by atoms with Gasteiger partial charge in [-0.3, -0.25) is 4.79 Å². The van der Waals surface area contributed by atoms with Gasteiger partial charge in [0.15, 0.2) is 0 Å². The Hall–Kier alpha value is -2.24. The summed E-state index contributed by atoms with van der Waals surface area (Å²) in [7, 11) is 3.46. The van der Waals surface area contributed by atoms with E-state index in [0.29, 0.717) is 37.4 Å². The van der Waals surface area contributed by atoms with Crippen LogP contribution in [0.1, 0.15) is 15.9 Å². The molecule has 0 aliphatic carbocycles. The van der Waals surface area contributed by atoms with Crippen LogP contribution in [0, 0.1) is 6.92 Å². The zero-order valence-corrected chi connectivity index (χ0v) is 12.8. The van der Waals surface area contributed by atoms with Crippen LogP contribution in [0.2, 0.25) is 0 Å². The lowest BCUT2D eigenvalue weighted by Gasteiger charge is -2.36. The van der Waals surface area contributed by atoms with E-state index < -0.39 is 0 Å². The van der Waals surface area contributed by atoms with Crippen LogP contribution in [-0.4, -0.2) is 66.9 Å². The van der Waals surface area contributed by atoms with Gasteiger partial charge in [-0.25, -0.2) is 4.79 Å². The SMILES string of the molecule is Cc1c(N)cccc1C(=O)N1CCN(C(=O)N(C)C)CC1. The highest BCUT2D eigenvalue weighted by Crippen LogP contribution is 2.18. The normalized spacial score (nSPS) is 15.0. The van der Waals surface area contributed by atoms with Crippen LogP contribution in [0.15, 0.2) is 18.2 Å². The Morgan fingerprint density at radius 2 is 1.67 bits per heavy atom. The zero-order chi connectivity index (χ0) is 15.6. The van der Waals surface area contributed by atoms with Crippen molar-refractivity contribution < 1.29 is 9.59 Å². The van der Waals surface area contributed by atoms with Gasteiger partial charge in [0.2, 0.25) is 0 Å². The topological polar surface area (TPSA) is 69.9 Å². The van der Waals surface area contributed by atoms with Crippen LogP contribution in [0.4, 0.5) is 10.5 Å². The molecule has 6 nitrogen and oxygen atoms in total. The van der Waals surface area contributed by atoms with Gasteiger partial charge < -0.3 is 20.4 Å². The van der Waals surface area contributed by atoms with E-state index >= 15 is 0 Å². The van der Waals surface area contributed by atoms with Gasteiger partial charge in [-0.05, 0) is 24.6 Å². The van der Waals surface area contributed by atoms with Crippen molar-refractivity contribution in [1.82, 2.24) is 14.7 Å². The highest BCUT2D eigenvalue weighted by Gasteiger charge is 2.26. The fraction of sp³-hybridized carbons (Fsp3) is 0.467. The summed E-state index contributed by atoms with van der Waals surface area (Å²) in [6, 6.07) is 5.37. The Labute approximate surface area is 125 Å². The predicted molar refractivity (Wildman–Crippen MR) is 82.2 cm³/mol. The molecule has 0 spiro atoms. The summed E-state index contributed by atoms with van der Waals surface area (Å²) in [5.41, 5.74) is 7.94. The van der Waals surface area contributed by atoms with Gasteiger partial charge in [0.05, 0.1) is 0 Å². The molecule has 0 saturated carbocycles. The molecule has 1 fully saturated rings. The maximum Gasteiger partial charge on any atom is 0.319 e. The minimum atomic E-state index is -0.0169.